The maximum Gasteiger partial charge on any atom is 1.00 e. The molecule has 8 rings (SSSR count). The predicted octanol–water partition coefficient (Wildman–Crippen LogP) is 17.2. The first-order chi connectivity index (χ1) is 46.2. The molecule has 13 nitrogen and oxygen atoms in total. The molecule has 3 amide bonds. The molecule has 102 heavy (non-hydrogen) atoms. The van der Waals surface area contributed by atoms with E-state index in [4.69, 9.17) is 25.5 Å². The Morgan fingerprint density at radius 3 is 1.49 bits per heavy atom. The van der Waals surface area contributed by atoms with Crippen molar-refractivity contribution < 1.29 is 142 Å². The summed E-state index contributed by atoms with van der Waals surface area (Å²) in [7, 11) is 1.00. The van der Waals surface area contributed by atoms with Crippen molar-refractivity contribution in [2.24, 2.45) is 4.99 Å². The van der Waals surface area contributed by atoms with E-state index in [1.54, 1.807) is 82.2 Å². The van der Waals surface area contributed by atoms with Crippen LogP contribution in [0.4, 0.5) is 75.4 Å². The Morgan fingerprint density at radius 2 is 1.14 bits per heavy atom. The first-order valence-electron chi connectivity index (χ1n) is 32.6. The Morgan fingerprint density at radius 1 is 0.696 bits per heavy atom. The summed E-state index contributed by atoms with van der Waals surface area (Å²) < 4.78 is 203. The number of rotatable bonds is 7. The van der Waals surface area contributed by atoms with Gasteiger partial charge in [-0.25, -0.2) is 14.5 Å². The summed E-state index contributed by atoms with van der Waals surface area (Å²) in [5.74, 6) is -0.393. The van der Waals surface area contributed by atoms with Crippen molar-refractivity contribution in [2.45, 2.75) is 247 Å². The number of carbonyl (C=O) groups is 5. The summed E-state index contributed by atoms with van der Waals surface area (Å²) in [5, 5.41) is 13.0. The number of hydrogen-bond donors (Lipinski definition) is 3. The van der Waals surface area contributed by atoms with Crippen molar-refractivity contribution in [2.75, 3.05) is 20.3 Å². The van der Waals surface area contributed by atoms with Crippen molar-refractivity contribution in [1.82, 2.24) is 15.5 Å². The number of aliphatic hydroxyl groups is 1. The van der Waals surface area contributed by atoms with Crippen LogP contribution in [-0.2, 0) is 48.5 Å². The van der Waals surface area contributed by atoms with Gasteiger partial charge in [-0.15, -0.1) is 0 Å². The average molecular weight is 1600 g/mol. The van der Waals surface area contributed by atoms with Gasteiger partial charge in [-0.1, -0.05) is 32.0 Å². The topological polar surface area (TPSA) is 173 Å². The van der Waals surface area contributed by atoms with Crippen LogP contribution in [-0.4, -0.2) is 116 Å². The van der Waals surface area contributed by atoms with Gasteiger partial charge in [-0.3, -0.25) is 19.4 Å². The number of imide groups is 1. The van der Waals surface area contributed by atoms with Crippen LogP contribution in [0.5, 0.6) is 0 Å². The van der Waals surface area contributed by atoms with Crippen molar-refractivity contribution in [3.8, 4) is 0 Å². The first kappa shape index (κ1) is 98.8. The Bertz CT molecular complexity index is 3270. The van der Waals surface area contributed by atoms with Gasteiger partial charge in [0, 0.05) is 88.0 Å². The normalized spacial score (nSPS) is 17.5. The van der Waals surface area contributed by atoms with Gasteiger partial charge in [0.1, 0.15) is 11.2 Å². The standard InChI is InChI=1S/C18H24F3NO3.C13H16F3N.C13H14F3N.C10H17NO3.C8H6F3I.C4H8O.C2HF3O.C2H6.CH4O.B.Na.H/c1-11-10-13(18(19,20)21)7-8-14(11)15(23)9-6-12(2)22-16(24)25-17(3,4)5;2*1-8-7-10(13(14,15)16)4-5-11(8)12-6-3-9(2)17-12;1-7-5-6-8(12)11(7)9(13)14-10(2,3)4;1-5-4-6(8(9,10)11)2-3-7(5)12;1-2-4-5-3-1;3-2(4,5)1-6;2*1-2;;;/h7-8,10,12H,6,9H2,1-5H3,(H,22,24);4-5,7,9,12,17H,3,6H2,1-2H3;4-5,7,9H,3,6H2,1-2H3;7H,5-6H2,1-4H3;2-4H,1H3;1-4H2;1H;1-2H3;2H,1H3;;;/q;;;;;;;;;;+1;-1/i;;;;;;;1D;;;;. The van der Waals surface area contributed by atoms with Gasteiger partial charge in [0.15, 0.2) is 5.78 Å². The van der Waals surface area contributed by atoms with Crippen LogP contribution < -0.4 is 40.2 Å². The quantitative estimate of drug-likeness (QED) is 0.0531. The van der Waals surface area contributed by atoms with Crippen molar-refractivity contribution in [3.63, 3.8) is 0 Å². The Kier molecular flexibility index (Phi) is 44.5. The van der Waals surface area contributed by atoms with Crippen LogP contribution in [0.15, 0.2) is 77.8 Å². The maximum absolute atomic E-state index is 12.7. The van der Waals surface area contributed by atoms with E-state index in [-0.39, 0.29) is 92.8 Å². The van der Waals surface area contributed by atoms with Crippen LogP contribution in [0.25, 0.3) is 0 Å². The van der Waals surface area contributed by atoms with Crippen molar-refractivity contribution >= 4 is 66.9 Å². The minimum atomic E-state index is -4.64. The largest absolute Gasteiger partial charge is 1.00 e. The van der Waals surface area contributed by atoms with E-state index in [0.717, 1.165) is 103 Å². The molecule has 3 radical (unpaired) electrons. The monoisotopic (exact) mass is 1600 g/mol. The molecule has 5 atom stereocenters. The van der Waals surface area contributed by atoms with E-state index >= 15 is 0 Å². The number of alkyl carbamates (subject to hydrolysis) is 1. The number of ketones is 1. The summed E-state index contributed by atoms with van der Waals surface area (Å²) in [4.78, 5) is 61.1. The molecule has 0 bridgehead atoms. The van der Waals surface area contributed by atoms with Gasteiger partial charge >= 0.3 is 72.6 Å². The third-order valence-corrected chi connectivity index (χ3v) is 15.5. The minimum absolute atomic E-state index is 0. The van der Waals surface area contributed by atoms with Gasteiger partial charge < -0.3 is 31.4 Å². The molecule has 0 spiro atoms. The molecule has 31 heteroatoms. The van der Waals surface area contributed by atoms with E-state index in [1.807, 2.05) is 36.4 Å². The van der Waals surface area contributed by atoms with E-state index in [9.17, 15) is 85.0 Å². The number of nitrogens with zero attached hydrogens (tertiary/aromatic N) is 2. The van der Waals surface area contributed by atoms with Gasteiger partial charge in [0.2, 0.25) is 12.2 Å². The molecule has 3 fully saturated rings. The van der Waals surface area contributed by atoms with E-state index in [1.165, 1.54) is 61.1 Å². The number of ether oxygens (including phenoxy) is 3. The second-order valence-electron chi connectivity index (χ2n) is 25.4. The van der Waals surface area contributed by atoms with Gasteiger partial charge in [-0.2, -0.15) is 65.9 Å². The third kappa shape index (κ3) is 39.7. The number of alkyl halides is 15. The fourth-order valence-corrected chi connectivity index (χ4v) is 9.83. The third-order valence-electron chi connectivity index (χ3n) is 14.3. The number of hydrogen-bond acceptors (Lipinski definition) is 11. The SMILES string of the molecule is C1CCOC1.CC1CCC(=O)N1C(=O)OC(C)(C)C.CO.Cc1cc(C(F)(F)F)ccc1C(=O)CCC(C)NC(=O)OC(C)(C)C.Cc1cc(C(F)(F)F)ccc1C1=NC(C)CC1.Cc1cc(C(F)(F)F)ccc1C1CCC(C)N1.Cc1cc(C(F)(F)F)ccc1I.O=CC(F)(F)F.[2H]CC.[B].[H-].[Na+]. The zero-order valence-corrected chi connectivity index (χ0v) is 65.0. The molecule has 571 valence electrons. The first-order valence-corrected chi connectivity index (χ1v) is 32.9. The fourth-order valence-electron chi connectivity index (χ4n) is 9.49. The number of benzene rings is 4. The minimum Gasteiger partial charge on any atom is -1.00 e. The second kappa shape index (κ2) is 45.9. The molecule has 4 aliphatic rings. The smallest absolute Gasteiger partial charge is 1.00 e. The number of aldehydes is 1. The van der Waals surface area contributed by atoms with Crippen LogP contribution in [0.2, 0.25) is 0 Å². The maximum atomic E-state index is 12.7. The summed E-state index contributed by atoms with van der Waals surface area (Å²) in [6.07, 6.45) is -15.9. The second-order valence-corrected chi connectivity index (χ2v) is 26.5. The number of aryl methyl sites for hydroxylation is 4. The van der Waals surface area contributed by atoms with E-state index in [0.29, 0.717) is 42.5 Å². The molecule has 4 heterocycles. The summed E-state index contributed by atoms with van der Waals surface area (Å²) >= 11 is 2.00. The van der Waals surface area contributed by atoms with Gasteiger partial charge in [-0.05, 0) is 259 Å². The van der Waals surface area contributed by atoms with Crippen LogP contribution in [0.1, 0.15) is 222 Å². The zero-order valence-electron chi connectivity index (χ0n) is 62.8. The van der Waals surface area contributed by atoms with Gasteiger partial charge in [0.25, 0.3) is 0 Å². The number of Topliss-reactive ketones (excluding diaryl/α,β-unsaturated/α-hetero) is 1. The van der Waals surface area contributed by atoms with Crippen LogP contribution in [0, 0.1) is 31.3 Å². The molecule has 3 N–H and O–H groups in total. The number of nitrogens with one attached hydrogen (secondary N) is 2. The van der Waals surface area contributed by atoms with E-state index < -0.39 is 82.8 Å². The summed E-state index contributed by atoms with van der Waals surface area (Å²) in [6.45, 7) is 29.2. The summed E-state index contributed by atoms with van der Waals surface area (Å²) in [6, 6.07) is 15.3. The molecule has 4 aromatic carbocycles. The Hall–Kier alpha value is -5.28. The van der Waals surface area contributed by atoms with E-state index in [2.05, 4.69) is 22.5 Å². The molecule has 0 aromatic heterocycles. The molecular weight excluding hydrogens is 1500 g/mol. The predicted molar refractivity (Wildman–Crippen MR) is 370 cm³/mol. The molecule has 3 saturated heterocycles. The van der Waals surface area contributed by atoms with Gasteiger partial charge in [0.05, 0.1) is 22.3 Å². The Balaban J connectivity index is -0.000000574. The number of aliphatic hydroxyl groups excluding tert-OH is 1. The zero-order chi connectivity index (χ0) is 78.4. The number of amides is 3. The molecule has 4 aliphatic heterocycles. The molecule has 4 aromatic rings. The number of halogens is 16. The van der Waals surface area contributed by atoms with Crippen molar-refractivity contribution in [3.05, 3.63) is 138 Å². The molecule has 0 aliphatic carbocycles. The Labute approximate surface area is 630 Å². The average Bonchev–Trinajstić information content (AvgIpc) is 1.38. The molecule has 5 unspecified atom stereocenters. The molecule has 0 saturated carbocycles. The number of carbonyl (C=O) groups excluding carboxylic acids is 5. The number of aliphatic imine (C=N–C) groups is 1. The number of likely N-dealkylation sites (tertiary alicyclic amines) is 1. The van der Waals surface area contributed by atoms with Crippen LogP contribution in [0.3, 0.4) is 0 Å². The van der Waals surface area contributed by atoms with Crippen LogP contribution >= 0.6 is 22.6 Å². The molecular formula is C71H97BF15IN4NaO9. The van der Waals surface area contributed by atoms with Crippen molar-refractivity contribution in [1.29, 1.82) is 0 Å². The summed E-state index contributed by atoms with van der Waals surface area (Å²) in [5.41, 5.74) is 1.66. The fraction of sp³-hybridized carbons (Fsp3) is 0.577.